The van der Waals surface area contributed by atoms with Gasteiger partial charge in [-0.15, -0.1) is 0 Å². The zero-order valence-electron chi connectivity index (χ0n) is 15.9. The number of rotatable bonds is 8. The van der Waals surface area contributed by atoms with E-state index in [2.05, 4.69) is 15.4 Å². The number of aromatic hydroxyl groups is 1. The Kier molecular flexibility index (Phi) is 8.04. The Balaban J connectivity index is 2.58. The van der Waals surface area contributed by atoms with Crippen molar-refractivity contribution in [3.05, 3.63) is 29.8 Å². The molecule has 9 nitrogen and oxygen atoms in total. The number of amides is 2. The van der Waals surface area contributed by atoms with Crippen LogP contribution in [0.2, 0.25) is 0 Å². The minimum atomic E-state index is -3.61. The van der Waals surface area contributed by atoms with Gasteiger partial charge in [0.05, 0.1) is 6.26 Å². The lowest BCUT2D eigenvalue weighted by molar-refractivity contribution is -0.122. The monoisotopic (exact) mass is 401 g/mol. The number of carbonyl (C=O) groups is 2. The molecule has 0 aliphatic carbocycles. The standard InChI is InChI=1S/C17H27N3O6S/c1-17(2,3)26-16(23)19-10-9-18-15(22)14(20-27(4,24)25)11-12-5-7-13(21)8-6-12/h5-8,14,20-21H,9-11H2,1-4H3,(H,18,22)(H,19,23). The summed E-state index contributed by atoms with van der Waals surface area (Å²) in [5, 5.41) is 14.4. The molecular weight excluding hydrogens is 374 g/mol. The lowest BCUT2D eigenvalue weighted by Crippen LogP contribution is -2.49. The van der Waals surface area contributed by atoms with Crippen LogP contribution in [0.4, 0.5) is 4.79 Å². The van der Waals surface area contributed by atoms with Crippen LogP contribution in [0.5, 0.6) is 5.75 Å². The Morgan fingerprint density at radius 1 is 1.11 bits per heavy atom. The summed E-state index contributed by atoms with van der Waals surface area (Å²) in [6.45, 7) is 5.44. The number of nitrogens with one attached hydrogen (secondary N) is 3. The highest BCUT2D eigenvalue weighted by atomic mass is 32.2. The zero-order chi connectivity index (χ0) is 20.7. The molecule has 0 fully saturated rings. The third kappa shape index (κ3) is 10.4. The van der Waals surface area contributed by atoms with Crippen LogP contribution in [0, 0.1) is 0 Å². The van der Waals surface area contributed by atoms with Gasteiger partial charge in [-0.1, -0.05) is 12.1 Å². The van der Waals surface area contributed by atoms with Gasteiger partial charge < -0.3 is 20.5 Å². The number of ether oxygens (including phenoxy) is 1. The van der Waals surface area contributed by atoms with Crippen molar-refractivity contribution >= 4 is 22.0 Å². The molecule has 1 unspecified atom stereocenters. The van der Waals surface area contributed by atoms with Crippen molar-refractivity contribution in [2.45, 2.75) is 38.8 Å². The normalized spacial score (nSPS) is 12.9. The fraction of sp³-hybridized carbons (Fsp3) is 0.529. The van der Waals surface area contributed by atoms with Crippen LogP contribution in [0.25, 0.3) is 0 Å². The molecule has 27 heavy (non-hydrogen) atoms. The Hall–Kier alpha value is -2.33. The van der Waals surface area contributed by atoms with Gasteiger partial charge in [0.15, 0.2) is 0 Å². The molecule has 0 aliphatic heterocycles. The Labute approximate surface area is 159 Å². The van der Waals surface area contributed by atoms with Crippen molar-refractivity contribution in [1.82, 2.24) is 15.4 Å². The minimum Gasteiger partial charge on any atom is -0.508 e. The highest BCUT2D eigenvalue weighted by Crippen LogP contribution is 2.11. The summed E-state index contributed by atoms with van der Waals surface area (Å²) in [4.78, 5) is 23.9. The molecule has 1 aromatic carbocycles. The summed E-state index contributed by atoms with van der Waals surface area (Å²) in [5.41, 5.74) is 0.0538. The van der Waals surface area contributed by atoms with Crippen LogP contribution in [0.1, 0.15) is 26.3 Å². The molecule has 0 saturated heterocycles. The molecule has 0 aromatic heterocycles. The van der Waals surface area contributed by atoms with Crippen LogP contribution in [-0.2, 0) is 26.0 Å². The van der Waals surface area contributed by atoms with Crippen LogP contribution >= 0.6 is 0 Å². The summed E-state index contributed by atoms with van der Waals surface area (Å²) in [6, 6.07) is 5.09. The van der Waals surface area contributed by atoms with Crippen molar-refractivity contribution in [2.75, 3.05) is 19.3 Å². The molecule has 0 heterocycles. The third-order valence-electron chi connectivity index (χ3n) is 3.14. The molecule has 10 heteroatoms. The van der Waals surface area contributed by atoms with Gasteiger partial charge in [-0.3, -0.25) is 4.79 Å². The SMILES string of the molecule is CC(C)(C)OC(=O)NCCNC(=O)C(Cc1ccc(O)cc1)NS(C)(=O)=O. The summed E-state index contributed by atoms with van der Waals surface area (Å²) in [7, 11) is -3.61. The minimum absolute atomic E-state index is 0.0732. The molecule has 4 N–H and O–H groups in total. The smallest absolute Gasteiger partial charge is 0.407 e. The maximum absolute atomic E-state index is 12.3. The molecular formula is C17H27N3O6S. The predicted molar refractivity (Wildman–Crippen MR) is 101 cm³/mol. The number of hydrogen-bond donors (Lipinski definition) is 4. The van der Waals surface area contributed by atoms with E-state index >= 15 is 0 Å². The molecule has 0 radical (unpaired) electrons. The Morgan fingerprint density at radius 2 is 1.67 bits per heavy atom. The van der Waals surface area contributed by atoms with Crippen LogP contribution in [-0.4, -0.2) is 56.5 Å². The second kappa shape index (κ2) is 9.56. The van der Waals surface area contributed by atoms with Gasteiger partial charge in [-0.05, 0) is 44.9 Å². The predicted octanol–water partition coefficient (Wildman–Crippen LogP) is 0.493. The van der Waals surface area contributed by atoms with E-state index in [4.69, 9.17) is 4.74 Å². The van der Waals surface area contributed by atoms with Crippen molar-refractivity contribution in [1.29, 1.82) is 0 Å². The molecule has 0 aliphatic rings. The fourth-order valence-corrected chi connectivity index (χ4v) is 2.81. The van der Waals surface area contributed by atoms with E-state index in [1.54, 1.807) is 32.9 Å². The zero-order valence-corrected chi connectivity index (χ0v) is 16.7. The van der Waals surface area contributed by atoms with Crippen molar-refractivity contribution in [2.24, 2.45) is 0 Å². The highest BCUT2D eigenvalue weighted by Gasteiger charge is 2.22. The number of benzene rings is 1. The maximum Gasteiger partial charge on any atom is 0.407 e. The van der Waals surface area contributed by atoms with Crippen molar-refractivity contribution in [3.8, 4) is 5.75 Å². The average molecular weight is 401 g/mol. The Morgan fingerprint density at radius 3 is 2.19 bits per heavy atom. The van der Waals surface area contributed by atoms with E-state index < -0.39 is 33.7 Å². The molecule has 2 amide bonds. The summed E-state index contributed by atoms with van der Waals surface area (Å²) < 4.78 is 30.4. The highest BCUT2D eigenvalue weighted by molar-refractivity contribution is 7.88. The van der Waals surface area contributed by atoms with Gasteiger partial charge in [-0.2, -0.15) is 0 Å². The molecule has 1 atom stereocenters. The van der Waals surface area contributed by atoms with Gasteiger partial charge in [0.2, 0.25) is 15.9 Å². The summed E-state index contributed by atoms with van der Waals surface area (Å²) >= 11 is 0. The molecule has 0 bridgehead atoms. The van der Waals surface area contributed by atoms with Gasteiger partial charge in [0.1, 0.15) is 17.4 Å². The summed E-state index contributed by atoms with van der Waals surface area (Å²) in [5.74, 6) is -0.455. The first-order chi connectivity index (χ1) is 12.4. The molecule has 0 saturated carbocycles. The van der Waals surface area contributed by atoms with Crippen molar-refractivity contribution < 1.29 is 27.9 Å². The number of alkyl carbamates (subject to hydrolysis) is 1. The third-order valence-corrected chi connectivity index (χ3v) is 3.85. The lowest BCUT2D eigenvalue weighted by Gasteiger charge is -2.20. The van der Waals surface area contributed by atoms with Crippen LogP contribution in [0.3, 0.4) is 0 Å². The molecule has 0 spiro atoms. The number of carbonyl (C=O) groups excluding carboxylic acids is 2. The van der Waals surface area contributed by atoms with Gasteiger partial charge >= 0.3 is 6.09 Å². The quantitative estimate of drug-likeness (QED) is 0.469. The lowest BCUT2D eigenvalue weighted by atomic mass is 10.1. The maximum atomic E-state index is 12.3. The average Bonchev–Trinajstić information content (AvgIpc) is 2.50. The van der Waals surface area contributed by atoms with E-state index in [1.165, 1.54) is 12.1 Å². The van der Waals surface area contributed by atoms with E-state index in [1.807, 2.05) is 0 Å². The topological polar surface area (TPSA) is 134 Å². The van der Waals surface area contributed by atoms with Crippen LogP contribution in [0.15, 0.2) is 24.3 Å². The van der Waals surface area contributed by atoms with Crippen LogP contribution < -0.4 is 15.4 Å². The van der Waals surface area contributed by atoms with Crippen molar-refractivity contribution in [3.63, 3.8) is 0 Å². The fourth-order valence-electron chi connectivity index (χ4n) is 2.10. The van der Waals surface area contributed by atoms with E-state index in [-0.39, 0.29) is 25.3 Å². The van der Waals surface area contributed by atoms with Gasteiger partial charge in [0.25, 0.3) is 0 Å². The van der Waals surface area contributed by atoms with E-state index in [0.717, 1.165) is 6.26 Å². The van der Waals surface area contributed by atoms with Gasteiger partial charge in [-0.25, -0.2) is 17.9 Å². The molecule has 152 valence electrons. The first-order valence-corrected chi connectivity index (χ1v) is 10.2. The summed E-state index contributed by atoms with van der Waals surface area (Å²) in [6.07, 6.45) is 0.471. The van der Waals surface area contributed by atoms with E-state index in [0.29, 0.717) is 5.56 Å². The second-order valence-electron chi connectivity index (χ2n) is 7.03. The number of sulfonamides is 1. The van der Waals surface area contributed by atoms with Gasteiger partial charge in [0, 0.05) is 13.1 Å². The Bertz CT molecular complexity index is 741. The number of phenolic OH excluding ortho intramolecular Hbond substituents is 1. The largest absolute Gasteiger partial charge is 0.508 e. The number of phenols is 1. The van der Waals surface area contributed by atoms with E-state index in [9.17, 15) is 23.1 Å². The molecule has 1 rings (SSSR count). The first kappa shape index (κ1) is 22.7. The second-order valence-corrected chi connectivity index (χ2v) is 8.81. The number of hydrogen-bond acceptors (Lipinski definition) is 6. The molecule has 1 aromatic rings. The first-order valence-electron chi connectivity index (χ1n) is 8.35.